The zero-order chi connectivity index (χ0) is 18.9. The second kappa shape index (κ2) is 5.42. The summed E-state index contributed by atoms with van der Waals surface area (Å²) in [6.07, 6.45) is 0. The van der Waals surface area contributed by atoms with E-state index in [9.17, 15) is 0 Å². The van der Waals surface area contributed by atoms with Crippen LogP contribution in [0.5, 0.6) is 0 Å². The Morgan fingerprint density at radius 3 is 1.52 bits per heavy atom. The van der Waals surface area contributed by atoms with Crippen LogP contribution in [-0.2, 0) is 0 Å². The van der Waals surface area contributed by atoms with Crippen molar-refractivity contribution in [3.63, 3.8) is 0 Å². The smallest absolute Gasteiger partial charge is 0.404 e. The summed E-state index contributed by atoms with van der Waals surface area (Å²) in [6, 6.07) is 32.9. The van der Waals surface area contributed by atoms with Crippen LogP contribution in [-0.4, -0.2) is 6.98 Å². The van der Waals surface area contributed by atoms with Gasteiger partial charge in [0.1, 0.15) is 0 Å². The Morgan fingerprint density at radius 1 is 0.448 bits per heavy atom. The molecule has 5 aromatic carbocycles. The quantitative estimate of drug-likeness (QED) is 0.334. The van der Waals surface area contributed by atoms with Crippen molar-refractivity contribution in [3.05, 3.63) is 91.0 Å². The van der Waals surface area contributed by atoms with E-state index in [0.29, 0.717) is 0 Å². The zero-order valence-electron chi connectivity index (χ0n) is 15.7. The fraction of sp³-hybridized carbons (Fsp3) is 0. The lowest BCUT2D eigenvalue weighted by molar-refractivity contribution is 1.54. The minimum Gasteiger partial charge on any atom is -0.404 e. The predicted octanol–water partition coefficient (Wildman–Crippen LogP) is 5.87. The molecule has 2 aliphatic heterocycles. The van der Waals surface area contributed by atoms with Gasteiger partial charge in [-0.2, -0.15) is 0 Å². The molecule has 5 aromatic rings. The third-order valence-electron chi connectivity index (χ3n) is 6.41. The molecule has 0 atom stereocenters. The van der Waals surface area contributed by atoms with Crippen molar-refractivity contribution in [1.82, 2.24) is 0 Å². The van der Waals surface area contributed by atoms with Crippen LogP contribution in [0, 0.1) is 0 Å². The highest BCUT2D eigenvalue weighted by atomic mass is 15.0. The second-order valence-corrected chi connectivity index (χ2v) is 7.91. The van der Waals surface area contributed by atoms with Crippen molar-refractivity contribution in [2.45, 2.75) is 0 Å². The average Bonchev–Trinajstić information content (AvgIpc) is 2.79. The molecule has 0 unspecified atom stereocenters. The molecule has 0 aromatic heterocycles. The maximum Gasteiger partial charge on any atom is 0.407 e. The molecule has 0 fully saturated rings. The van der Waals surface area contributed by atoms with Gasteiger partial charge in [0.25, 0.3) is 0 Å². The van der Waals surface area contributed by atoms with E-state index >= 15 is 0 Å². The Morgan fingerprint density at radius 2 is 0.966 bits per heavy atom. The van der Waals surface area contributed by atoms with Gasteiger partial charge in [-0.15, -0.1) is 0 Å². The topological polar surface area (TPSA) is 24.1 Å². The van der Waals surface area contributed by atoms with E-state index in [1.54, 1.807) is 0 Å². The van der Waals surface area contributed by atoms with Gasteiger partial charge in [-0.25, -0.2) is 0 Å². The first-order chi connectivity index (χ1) is 14.4. The molecule has 0 radical (unpaired) electrons. The number of fused-ring (bicyclic) bond motifs is 8. The van der Waals surface area contributed by atoms with Gasteiger partial charge in [0.05, 0.1) is 0 Å². The van der Waals surface area contributed by atoms with Crippen LogP contribution in [0.25, 0.3) is 43.8 Å². The van der Waals surface area contributed by atoms with Gasteiger partial charge in [0.2, 0.25) is 0 Å². The first-order valence-corrected chi connectivity index (χ1v) is 10.1. The number of hydrogen-bond acceptors (Lipinski definition) is 2. The van der Waals surface area contributed by atoms with Crippen molar-refractivity contribution < 1.29 is 0 Å². The molecule has 134 valence electrons. The maximum absolute atomic E-state index is 3.83. The van der Waals surface area contributed by atoms with E-state index in [4.69, 9.17) is 0 Å². The molecule has 0 aliphatic carbocycles. The number of rotatable bonds is 0. The second-order valence-electron chi connectivity index (χ2n) is 7.91. The summed E-state index contributed by atoms with van der Waals surface area (Å²) in [5.41, 5.74) is 8.98. The maximum atomic E-state index is 3.83. The van der Waals surface area contributed by atoms with Crippen LogP contribution in [0.4, 0.5) is 11.4 Å². The first kappa shape index (κ1) is 15.2. The van der Waals surface area contributed by atoms with E-state index in [0.717, 1.165) is 0 Å². The molecule has 2 N–H and O–H groups in total. The van der Waals surface area contributed by atoms with Crippen LogP contribution in [0.15, 0.2) is 91.0 Å². The minimum absolute atomic E-state index is 0.0535. The van der Waals surface area contributed by atoms with Crippen LogP contribution >= 0.6 is 0 Å². The lowest BCUT2D eigenvalue weighted by Crippen LogP contribution is -2.52. The van der Waals surface area contributed by atoms with E-state index in [2.05, 4.69) is 101 Å². The summed E-state index contributed by atoms with van der Waals surface area (Å²) in [7, 11) is 0. The van der Waals surface area contributed by atoms with E-state index in [-0.39, 0.29) is 6.98 Å². The van der Waals surface area contributed by atoms with Gasteiger partial charge in [-0.3, -0.25) is 0 Å². The first-order valence-electron chi connectivity index (χ1n) is 10.1. The molecule has 2 aliphatic rings. The number of nitrogens with one attached hydrogen (secondary N) is 2. The molecule has 2 nitrogen and oxygen atoms in total. The highest BCUT2D eigenvalue weighted by molar-refractivity contribution is 6.83. The molecular weight excluding hydrogens is 351 g/mol. The fourth-order valence-corrected chi connectivity index (χ4v) is 5.12. The van der Waals surface area contributed by atoms with Gasteiger partial charge in [-0.1, -0.05) is 91.0 Å². The molecule has 3 heteroatoms. The van der Waals surface area contributed by atoms with E-state index in [1.807, 2.05) is 0 Å². The summed E-state index contributed by atoms with van der Waals surface area (Å²) in [5, 5.41) is 12.7. The van der Waals surface area contributed by atoms with Crippen molar-refractivity contribution >= 4 is 45.4 Å². The Kier molecular flexibility index (Phi) is 2.85. The van der Waals surface area contributed by atoms with Crippen LogP contribution in [0.3, 0.4) is 0 Å². The highest BCUT2D eigenvalue weighted by Crippen LogP contribution is 2.43. The average molecular weight is 368 g/mol. The summed E-state index contributed by atoms with van der Waals surface area (Å²) >= 11 is 0. The van der Waals surface area contributed by atoms with Gasteiger partial charge in [0.15, 0.2) is 0 Å². The Hall–Kier alpha value is -3.72. The molecule has 0 saturated carbocycles. The van der Waals surface area contributed by atoms with E-state index in [1.165, 1.54) is 60.6 Å². The molecular formula is C26H17BN2. The summed E-state index contributed by atoms with van der Waals surface area (Å²) in [5.74, 6) is 0. The van der Waals surface area contributed by atoms with E-state index < -0.39 is 0 Å². The highest BCUT2D eigenvalue weighted by Gasteiger charge is 2.36. The molecule has 7 rings (SSSR count). The standard InChI is InChI=1S/C26H17BN2/c1-3-8-18-16(6-1)12-14-22-20-10-5-11-21-23-15-13-17-7-2-4-9-19(17)26(23)29-27(24(20)21)28-25(18)22/h1-15,28-29H. The molecule has 0 amide bonds. The lowest BCUT2D eigenvalue weighted by atomic mass is 9.57. The van der Waals surface area contributed by atoms with Gasteiger partial charge < -0.3 is 10.5 Å². The van der Waals surface area contributed by atoms with Gasteiger partial charge in [-0.05, 0) is 27.4 Å². The Bertz CT molecular complexity index is 1360. The predicted molar refractivity (Wildman–Crippen MR) is 125 cm³/mol. The van der Waals surface area contributed by atoms with Crippen molar-refractivity contribution in [2.75, 3.05) is 10.5 Å². The van der Waals surface area contributed by atoms with Crippen molar-refractivity contribution in [1.29, 1.82) is 0 Å². The molecule has 0 spiro atoms. The van der Waals surface area contributed by atoms with Crippen molar-refractivity contribution in [3.8, 4) is 22.3 Å². The summed E-state index contributed by atoms with van der Waals surface area (Å²) < 4.78 is 0. The van der Waals surface area contributed by atoms with Gasteiger partial charge in [0, 0.05) is 33.3 Å². The Balaban J connectivity index is 1.56. The third-order valence-corrected chi connectivity index (χ3v) is 6.41. The number of hydrogen-bond donors (Lipinski definition) is 2. The molecule has 0 bridgehead atoms. The van der Waals surface area contributed by atoms with Crippen LogP contribution in [0.1, 0.15) is 0 Å². The normalized spacial score (nSPS) is 13.3. The fourth-order valence-electron chi connectivity index (χ4n) is 5.12. The van der Waals surface area contributed by atoms with Crippen molar-refractivity contribution in [2.24, 2.45) is 0 Å². The molecule has 29 heavy (non-hydrogen) atoms. The SMILES string of the molecule is c1cc2c3c(c1)-c1ccc4ccccc4c1NB3Nc1c-2ccc2ccccc12. The van der Waals surface area contributed by atoms with Crippen LogP contribution in [0.2, 0.25) is 0 Å². The largest absolute Gasteiger partial charge is 0.407 e. The number of anilines is 2. The van der Waals surface area contributed by atoms with Gasteiger partial charge >= 0.3 is 6.98 Å². The lowest BCUT2D eigenvalue weighted by Gasteiger charge is -2.35. The minimum atomic E-state index is 0.0535. The summed E-state index contributed by atoms with van der Waals surface area (Å²) in [6.45, 7) is 0.0535. The third kappa shape index (κ3) is 1.97. The van der Waals surface area contributed by atoms with Crippen LogP contribution < -0.4 is 15.9 Å². The monoisotopic (exact) mass is 368 g/mol. The molecule has 0 saturated heterocycles. The zero-order valence-corrected chi connectivity index (χ0v) is 15.7. The molecule has 2 heterocycles. The summed E-state index contributed by atoms with van der Waals surface area (Å²) in [4.78, 5) is 0. The Labute approximate surface area is 169 Å². The number of benzene rings is 5.